The quantitative estimate of drug-likeness (QED) is 0.853. The third-order valence-electron chi connectivity index (χ3n) is 4.61. The van der Waals surface area contributed by atoms with Gasteiger partial charge in [-0.1, -0.05) is 43.7 Å². The molecule has 0 amide bonds. The second kappa shape index (κ2) is 5.44. The maximum absolute atomic E-state index is 6.60. The van der Waals surface area contributed by atoms with Crippen LogP contribution in [0.25, 0.3) is 0 Å². The highest BCUT2D eigenvalue weighted by Gasteiger charge is 2.32. The summed E-state index contributed by atoms with van der Waals surface area (Å²) in [6.07, 6.45) is 6.02. The van der Waals surface area contributed by atoms with Gasteiger partial charge in [-0.2, -0.15) is 0 Å². The molecule has 1 fully saturated rings. The lowest BCUT2D eigenvalue weighted by atomic mass is 9.71. The largest absolute Gasteiger partial charge is 0.325 e. The van der Waals surface area contributed by atoms with E-state index in [9.17, 15) is 0 Å². The van der Waals surface area contributed by atoms with Crippen LogP contribution >= 0.6 is 0 Å². The number of aryl methyl sites for hydroxylation is 1. The molecule has 18 heavy (non-hydrogen) atoms. The molecule has 1 aliphatic rings. The highest BCUT2D eigenvalue weighted by molar-refractivity contribution is 5.24. The van der Waals surface area contributed by atoms with Gasteiger partial charge in [-0.05, 0) is 56.4 Å². The van der Waals surface area contributed by atoms with E-state index in [1.807, 2.05) is 0 Å². The normalized spacial score (nSPS) is 28.6. The van der Waals surface area contributed by atoms with Crippen molar-refractivity contribution in [2.24, 2.45) is 17.6 Å². The topological polar surface area (TPSA) is 26.0 Å². The average Bonchev–Trinajstić information content (AvgIpc) is 2.29. The van der Waals surface area contributed by atoms with Gasteiger partial charge in [0.05, 0.1) is 0 Å². The van der Waals surface area contributed by atoms with Crippen molar-refractivity contribution in [3.05, 3.63) is 35.4 Å². The summed E-state index contributed by atoms with van der Waals surface area (Å²) in [4.78, 5) is 0. The standard InChI is InChI=1S/C17H27N/c1-13(2)16-7-9-17(18,10-8-16)12-15-6-4-5-14(3)11-15/h4-6,11,13,16H,7-10,12,18H2,1-3H3. The van der Waals surface area contributed by atoms with Crippen molar-refractivity contribution in [2.75, 3.05) is 0 Å². The molecule has 2 N–H and O–H groups in total. The fourth-order valence-electron chi connectivity index (χ4n) is 3.29. The van der Waals surface area contributed by atoms with E-state index >= 15 is 0 Å². The van der Waals surface area contributed by atoms with Crippen LogP contribution in [0, 0.1) is 18.8 Å². The first kappa shape index (κ1) is 13.6. The molecule has 1 aliphatic carbocycles. The van der Waals surface area contributed by atoms with Crippen LogP contribution in [-0.4, -0.2) is 5.54 Å². The summed E-state index contributed by atoms with van der Waals surface area (Å²) in [6, 6.07) is 8.80. The van der Waals surface area contributed by atoms with Gasteiger partial charge in [0.15, 0.2) is 0 Å². The molecule has 1 saturated carbocycles. The first-order valence-electron chi connectivity index (χ1n) is 7.33. The minimum Gasteiger partial charge on any atom is -0.325 e. The lowest BCUT2D eigenvalue weighted by molar-refractivity contribution is 0.194. The van der Waals surface area contributed by atoms with Crippen molar-refractivity contribution in [1.29, 1.82) is 0 Å². The predicted molar refractivity (Wildman–Crippen MR) is 78.6 cm³/mol. The van der Waals surface area contributed by atoms with Gasteiger partial charge in [0.25, 0.3) is 0 Å². The fourth-order valence-corrected chi connectivity index (χ4v) is 3.29. The molecule has 1 aromatic rings. The number of nitrogens with two attached hydrogens (primary N) is 1. The van der Waals surface area contributed by atoms with E-state index in [4.69, 9.17) is 5.73 Å². The molecule has 1 nitrogen and oxygen atoms in total. The first-order valence-corrected chi connectivity index (χ1v) is 7.33. The van der Waals surface area contributed by atoms with E-state index in [-0.39, 0.29) is 5.54 Å². The number of hydrogen-bond acceptors (Lipinski definition) is 1. The van der Waals surface area contributed by atoms with E-state index in [0.717, 1.165) is 18.3 Å². The Hall–Kier alpha value is -0.820. The Bertz CT molecular complexity index is 386. The summed E-state index contributed by atoms with van der Waals surface area (Å²) in [5.41, 5.74) is 9.39. The number of hydrogen-bond donors (Lipinski definition) is 1. The molecule has 0 atom stereocenters. The predicted octanol–water partition coefficient (Wildman–Crippen LogP) is 4.08. The second-order valence-electron chi connectivity index (χ2n) is 6.61. The molecule has 1 aromatic carbocycles. The number of benzene rings is 1. The zero-order valence-corrected chi connectivity index (χ0v) is 12.1. The molecule has 1 heteroatoms. The Labute approximate surface area is 112 Å². The van der Waals surface area contributed by atoms with Crippen LogP contribution in [0.15, 0.2) is 24.3 Å². The molecule has 0 unspecified atom stereocenters. The maximum Gasteiger partial charge on any atom is 0.0195 e. The van der Waals surface area contributed by atoms with Crippen LogP contribution in [0.3, 0.4) is 0 Å². The smallest absolute Gasteiger partial charge is 0.0195 e. The van der Waals surface area contributed by atoms with Gasteiger partial charge in [-0.15, -0.1) is 0 Å². The summed E-state index contributed by atoms with van der Waals surface area (Å²) in [5.74, 6) is 1.70. The molecule has 0 spiro atoms. The van der Waals surface area contributed by atoms with Gasteiger partial charge >= 0.3 is 0 Å². The van der Waals surface area contributed by atoms with Crippen LogP contribution in [0.5, 0.6) is 0 Å². The summed E-state index contributed by atoms with van der Waals surface area (Å²) in [5, 5.41) is 0. The van der Waals surface area contributed by atoms with Crippen molar-refractivity contribution < 1.29 is 0 Å². The highest BCUT2D eigenvalue weighted by atomic mass is 14.7. The minimum atomic E-state index is 0.0409. The van der Waals surface area contributed by atoms with Gasteiger partial charge < -0.3 is 5.73 Å². The van der Waals surface area contributed by atoms with Crippen molar-refractivity contribution in [1.82, 2.24) is 0 Å². The Morgan fingerprint density at radius 3 is 2.50 bits per heavy atom. The summed E-state index contributed by atoms with van der Waals surface area (Å²) >= 11 is 0. The third-order valence-corrected chi connectivity index (χ3v) is 4.61. The zero-order chi connectivity index (χ0) is 13.2. The molecule has 0 aromatic heterocycles. The Kier molecular flexibility index (Phi) is 4.11. The molecule has 100 valence electrons. The first-order chi connectivity index (χ1) is 8.48. The molecular weight excluding hydrogens is 218 g/mol. The summed E-state index contributed by atoms with van der Waals surface area (Å²) in [7, 11) is 0. The highest BCUT2D eigenvalue weighted by Crippen LogP contribution is 2.36. The Morgan fingerprint density at radius 2 is 1.94 bits per heavy atom. The van der Waals surface area contributed by atoms with Crippen LogP contribution in [0.4, 0.5) is 0 Å². The Balaban J connectivity index is 1.97. The van der Waals surface area contributed by atoms with Crippen LogP contribution in [0.1, 0.15) is 50.7 Å². The number of rotatable bonds is 3. The van der Waals surface area contributed by atoms with Gasteiger partial charge in [-0.25, -0.2) is 0 Å². The lowest BCUT2D eigenvalue weighted by Gasteiger charge is -2.39. The molecule has 0 radical (unpaired) electrons. The molecule has 0 saturated heterocycles. The monoisotopic (exact) mass is 245 g/mol. The van der Waals surface area contributed by atoms with Crippen LogP contribution < -0.4 is 5.73 Å². The van der Waals surface area contributed by atoms with E-state index in [1.165, 1.54) is 36.8 Å². The molecule has 0 aliphatic heterocycles. The van der Waals surface area contributed by atoms with E-state index in [0.29, 0.717) is 0 Å². The minimum absolute atomic E-state index is 0.0409. The van der Waals surface area contributed by atoms with Crippen LogP contribution in [-0.2, 0) is 6.42 Å². The summed E-state index contributed by atoms with van der Waals surface area (Å²) in [6.45, 7) is 6.84. The fraction of sp³-hybridized carbons (Fsp3) is 0.647. The van der Waals surface area contributed by atoms with Gasteiger partial charge in [0.2, 0.25) is 0 Å². The van der Waals surface area contributed by atoms with Crippen molar-refractivity contribution >= 4 is 0 Å². The molecule has 0 bridgehead atoms. The van der Waals surface area contributed by atoms with E-state index in [1.54, 1.807) is 0 Å². The van der Waals surface area contributed by atoms with Gasteiger partial charge in [-0.3, -0.25) is 0 Å². The van der Waals surface area contributed by atoms with E-state index in [2.05, 4.69) is 45.0 Å². The SMILES string of the molecule is Cc1cccc(CC2(N)CCC(C(C)C)CC2)c1. The van der Waals surface area contributed by atoms with Gasteiger partial charge in [0.1, 0.15) is 0 Å². The molecule has 2 rings (SSSR count). The van der Waals surface area contributed by atoms with Gasteiger partial charge in [0, 0.05) is 5.54 Å². The summed E-state index contributed by atoms with van der Waals surface area (Å²) < 4.78 is 0. The maximum atomic E-state index is 6.60. The molecular formula is C17H27N. The van der Waals surface area contributed by atoms with E-state index < -0.39 is 0 Å². The second-order valence-corrected chi connectivity index (χ2v) is 6.61. The molecule has 0 heterocycles. The lowest BCUT2D eigenvalue weighted by Crippen LogP contribution is -2.45. The van der Waals surface area contributed by atoms with Crippen LogP contribution in [0.2, 0.25) is 0 Å². The van der Waals surface area contributed by atoms with Crippen molar-refractivity contribution in [3.8, 4) is 0 Å². The van der Waals surface area contributed by atoms with Crippen molar-refractivity contribution in [2.45, 2.75) is 58.4 Å². The Morgan fingerprint density at radius 1 is 1.28 bits per heavy atom. The average molecular weight is 245 g/mol. The third kappa shape index (κ3) is 3.35. The zero-order valence-electron chi connectivity index (χ0n) is 12.1. The van der Waals surface area contributed by atoms with Crippen molar-refractivity contribution in [3.63, 3.8) is 0 Å².